The number of fused-ring (bicyclic) bond motifs is 2. The average molecular weight is 209 g/mol. The van der Waals surface area contributed by atoms with Crippen LogP contribution < -0.4 is 5.73 Å². The van der Waals surface area contributed by atoms with Crippen LogP contribution in [0.4, 0.5) is 0 Å². The summed E-state index contributed by atoms with van der Waals surface area (Å²) < 4.78 is 5.27. The number of allylic oxidation sites excluding steroid dienone is 1. The number of ether oxygens (including phenoxy) is 1. The van der Waals surface area contributed by atoms with Crippen molar-refractivity contribution in [1.82, 2.24) is 0 Å². The lowest BCUT2D eigenvalue weighted by atomic mass is 9.83. The van der Waals surface area contributed by atoms with Gasteiger partial charge in [0.25, 0.3) is 0 Å². The monoisotopic (exact) mass is 209 g/mol. The van der Waals surface area contributed by atoms with E-state index in [2.05, 4.69) is 12.2 Å². The lowest BCUT2D eigenvalue weighted by Crippen LogP contribution is -2.35. The lowest BCUT2D eigenvalue weighted by Gasteiger charge is -2.26. The molecule has 2 aliphatic carbocycles. The molecule has 2 heteroatoms. The summed E-state index contributed by atoms with van der Waals surface area (Å²) in [5.74, 6) is 2.50. The van der Waals surface area contributed by atoms with Crippen LogP contribution >= 0.6 is 0 Å². The summed E-state index contributed by atoms with van der Waals surface area (Å²) >= 11 is 0. The van der Waals surface area contributed by atoms with E-state index in [1.807, 2.05) is 6.92 Å². The SMILES string of the molecule is CCOC/C=C\C[C@H]1[C@@H]2CC[C@@H](C2)[C@@H]1N. The highest BCUT2D eigenvalue weighted by Gasteiger charge is 2.44. The molecule has 2 N–H and O–H groups in total. The molecule has 0 spiro atoms. The Bertz CT molecular complexity index is 225. The van der Waals surface area contributed by atoms with Crippen LogP contribution in [0.25, 0.3) is 0 Å². The van der Waals surface area contributed by atoms with Gasteiger partial charge in [-0.25, -0.2) is 0 Å². The molecule has 2 saturated carbocycles. The first-order valence-corrected chi connectivity index (χ1v) is 6.31. The third kappa shape index (κ3) is 2.43. The van der Waals surface area contributed by atoms with E-state index in [1.54, 1.807) is 0 Å². The van der Waals surface area contributed by atoms with Crippen LogP contribution in [0.15, 0.2) is 12.2 Å². The van der Waals surface area contributed by atoms with Crippen LogP contribution in [0.1, 0.15) is 32.6 Å². The van der Waals surface area contributed by atoms with Crippen LogP contribution in [0, 0.1) is 17.8 Å². The quantitative estimate of drug-likeness (QED) is 0.557. The van der Waals surface area contributed by atoms with Gasteiger partial charge in [-0.05, 0) is 50.4 Å². The van der Waals surface area contributed by atoms with Crippen molar-refractivity contribution in [3.63, 3.8) is 0 Å². The van der Waals surface area contributed by atoms with Gasteiger partial charge in [0, 0.05) is 12.6 Å². The second kappa shape index (κ2) is 5.13. The standard InChI is InChI=1S/C13H23NO/c1-2-15-8-4-3-5-12-10-6-7-11(9-10)13(12)14/h3-4,10-13H,2,5-9,14H2,1H3/b4-3-/t10-,11+,12+,13+/m1/s1. The van der Waals surface area contributed by atoms with Gasteiger partial charge >= 0.3 is 0 Å². The van der Waals surface area contributed by atoms with Gasteiger partial charge in [0.2, 0.25) is 0 Å². The zero-order chi connectivity index (χ0) is 10.7. The molecule has 0 aromatic heterocycles. The van der Waals surface area contributed by atoms with Crippen molar-refractivity contribution in [2.45, 2.75) is 38.6 Å². The summed E-state index contributed by atoms with van der Waals surface area (Å²) in [6, 6.07) is 0.473. The van der Waals surface area contributed by atoms with Crippen LogP contribution in [-0.2, 0) is 4.74 Å². The molecule has 0 aliphatic heterocycles. The highest BCUT2D eigenvalue weighted by Crippen LogP contribution is 2.48. The van der Waals surface area contributed by atoms with Gasteiger partial charge in [-0.1, -0.05) is 12.2 Å². The van der Waals surface area contributed by atoms with Gasteiger partial charge in [0.15, 0.2) is 0 Å². The molecular formula is C13H23NO. The summed E-state index contributed by atoms with van der Waals surface area (Å²) in [6.45, 7) is 3.59. The van der Waals surface area contributed by atoms with Gasteiger partial charge < -0.3 is 10.5 Å². The molecule has 86 valence electrons. The first kappa shape index (κ1) is 11.2. The molecule has 0 amide bonds. The number of nitrogens with two attached hydrogens (primary N) is 1. The van der Waals surface area contributed by atoms with E-state index >= 15 is 0 Å². The van der Waals surface area contributed by atoms with Gasteiger partial charge in [-0.3, -0.25) is 0 Å². The van der Waals surface area contributed by atoms with E-state index in [0.717, 1.165) is 37.4 Å². The fraction of sp³-hybridized carbons (Fsp3) is 0.846. The minimum atomic E-state index is 0.473. The minimum Gasteiger partial charge on any atom is -0.378 e. The molecule has 2 rings (SSSR count). The van der Waals surface area contributed by atoms with Crippen molar-refractivity contribution in [3.05, 3.63) is 12.2 Å². The molecule has 2 aliphatic rings. The number of hydrogen-bond donors (Lipinski definition) is 1. The number of hydrogen-bond acceptors (Lipinski definition) is 2. The smallest absolute Gasteiger partial charge is 0.0647 e. The van der Waals surface area contributed by atoms with Crippen molar-refractivity contribution in [3.8, 4) is 0 Å². The zero-order valence-electron chi connectivity index (χ0n) is 9.69. The Labute approximate surface area is 92.9 Å². The highest BCUT2D eigenvalue weighted by molar-refractivity contribution is 5.01. The van der Waals surface area contributed by atoms with Gasteiger partial charge in [0.1, 0.15) is 0 Å². The molecule has 0 saturated heterocycles. The Hall–Kier alpha value is -0.340. The first-order chi connectivity index (χ1) is 7.33. The fourth-order valence-electron chi connectivity index (χ4n) is 3.31. The molecule has 4 atom stereocenters. The molecule has 15 heavy (non-hydrogen) atoms. The lowest BCUT2D eigenvalue weighted by molar-refractivity contribution is 0.177. The normalized spacial score (nSPS) is 39.3. The molecule has 0 radical (unpaired) electrons. The topological polar surface area (TPSA) is 35.2 Å². The predicted octanol–water partition coefficient (Wildman–Crippen LogP) is 2.34. The zero-order valence-corrected chi connectivity index (χ0v) is 9.69. The van der Waals surface area contributed by atoms with E-state index in [0.29, 0.717) is 6.04 Å². The molecule has 2 fully saturated rings. The average Bonchev–Trinajstić information content (AvgIpc) is 2.80. The third-order valence-electron chi connectivity index (χ3n) is 4.15. The maximum atomic E-state index is 6.24. The maximum Gasteiger partial charge on any atom is 0.0647 e. The first-order valence-electron chi connectivity index (χ1n) is 6.31. The Morgan fingerprint density at radius 1 is 1.27 bits per heavy atom. The maximum absolute atomic E-state index is 6.24. The fourth-order valence-corrected chi connectivity index (χ4v) is 3.31. The summed E-state index contributed by atoms with van der Waals surface area (Å²) in [5, 5.41) is 0. The largest absolute Gasteiger partial charge is 0.378 e. The van der Waals surface area contributed by atoms with Crippen LogP contribution in [0.5, 0.6) is 0 Å². The Morgan fingerprint density at radius 2 is 2.07 bits per heavy atom. The van der Waals surface area contributed by atoms with Crippen molar-refractivity contribution in [2.75, 3.05) is 13.2 Å². The molecule has 0 aromatic carbocycles. The van der Waals surface area contributed by atoms with E-state index in [4.69, 9.17) is 10.5 Å². The summed E-state index contributed by atoms with van der Waals surface area (Å²) in [5.41, 5.74) is 6.24. The molecule has 2 nitrogen and oxygen atoms in total. The van der Waals surface area contributed by atoms with Gasteiger partial charge in [-0.15, -0.1) is 0 Å². The Balaban J connectivity index is 1.73. The summed E-state index contributed by atoms with van der Waals surface area (Å²) in [6.07, 6.45) is 9.76. The van der Waals surface area contributed by atoms with E-state index in [9.17, 15) is 0 Å². The second-order valence-electron chi connectivity index (χ2n) is 4.94. The molecular weight excluding hydrogens is 186 g/mol. The van der Waals surface area contributed by atoms with E-state index in [-0.39, 0.29) is 0 Å². The van der Waals surface area contributed by atoms with Crippen molar-refractivity contribution >= 4 is 0 Å². The van der Waals surface area contributed by atoms with Crippen molar-refractivity contribution < 1.29 is 4.74 Å². The van der Waals surface area contributed by atoms with Crippen LogP contribution in [0.3, 0.4) is 0 Å². The minimum absolute atomic E-state index is 0.473. The molecule has 0 heterocycles. The Morgan fingerprint density at radius 3 is 2.73 bits per heavy atom. The highest BCUT2D eigenvalue weighted by atomic mass is 16.5. The van der Waals surface area contributed by atoms with E-state index < -0.39 is 0 Å². The van der Waals surface area contributed by atoms with Crippen molar-refractivity contribution in [1.29, 1.82) is 0 Å². The van der Waals surface area contributed by atoms with Crippen molar-refractivity contribution in [2.24, 2.45) is 23.5 Å². The Kier molecular flexibility index (Phi) is 3.81. The molecule has 0 aromatic rings. The van der Waals surface area contributed by atoms with Gasteiger partial charge in [0.05, 0.1) is 6.61 Å². The summed E-state index contributed by atoms with van der Waals surface area (Å²) in [4.78, 5) is 0. The van der Waals surface area contributed by atoms with Crippen LogP contribution in [0.2, 0.25) is 0 Å². The van der Waals surface area contributed by atoms with E-state index in [1.165, 1.54) is 19.3 Å². The van der Waals surface area contributed by atoms with Crippen LogP contribution in [-0.4, -0.2) is 19.3 Å². The van der Waals surface area contributed by atoms with Gasteiger partial charge in [-0.2, -0.15) is 0 Å². The number of rotatable bonds is 5. The predicted molar refractivity (Wildman–Crippen MR) is 62.5 cm³/mol. The molecule has 0 unspecified atom stereocenters. The summed E-state index contributed by atoms with van der Waals surface area (Å²) in [7, 11) is 0. The molecule has 2 bridgehead atoms. The third-order valence-corrected chi connectivity index (χ3v) is 4.15. The second-order valence-corrected chi connectivity index (χ2v) is 4.94.